The number of nitrogens with zero attached hydrogens (tertiary/aromatic N) is 1. The monoisotopic (exact) mass is 323 g/mol. The first-order valence-corrected chi connectivity index (χ1v) is 8.78. The second kappa shape index (κ2) is 5.82. The van der Waals surface area contributed by atoms with Crippen molar-refractivity contribution < 1.29 is 9.47 Å². The second-order valence-electron chi connectivity index (χ2n) is 6.80. The first-order chi connectivity index (χ1) is 11.7. The van der Waals surface area contributed by atoms with E-state index in [0.29, 0.717) is 6.04 Å². The van der Waals surface area contributed by atoms with E-state index >= 15 is 0 Å². The molecule has 1 aliphatic carbocycles. The van der Waals surface area contributed by atoms with Crippen LogP contribution < -0.4 is 9.47 Å². The van der Waals surface area contributed by atoms with E-state index in [0.717, 1.165) is 37.3 Å². The summed E-state index contributed by atoms with van der Waals surface area (Å²) in [7, 11) is 5.70. The highest BCUT2D eigenvalue weighted by Gasteiger charge is 2.35. The minimum absolute atomic E-state index is 0.473. The summed E-state index contributed by atoms with van der Waals surface area (Å²) in [6.07, 6.45) is 3.28. The molecule has 126 valence electrons. The number of hydrogen-bond acceptors (Lipinski definition) is 3. The van der Waals surface area contributed by atoms with Crippen molar-refractivity contribution in [3.8, 4) is 22.6 Å². The molecule has 24 heavy (non-hydrogen) atoms. The van der Waals surface area contributed by atoms with Crippen LogP contribution in [0.25, 0.3) is 11.1 Å². The molecule has 2 aromatic rings. The number of likely N-dealkylation sites (N-methyl/N-ethyl adjacent to an activating group) is 1. The zero-order valence-corrected chi connectivity index (χ0v) is 15.0. The van der Waals surface area contributed by atoms with Crippen LogP contribution in [-0.2, 0) is 19.3 Å². The lowest BCUT2D eigenvalue weighted by atomic mass is 9.75. The summed E-state index contributed by atoms with van der Waals surface area (Å²) in [5, 5.41) is 0. The molecular weight excluding hydrogens is 298 g/mol. The molecule has 0 aromatic heterocycles. The Labute approximate surface area is 144 Å². The molecule has 1 aliphatic heterocycles. The number of ether oxygens (including phenoxy) is 2. The van der Waals surface area contributed by atoms with Crippen LogP contribution in [0.15, 0.2) is 24.3 Å². The van der Waals surface area contributed by atoms with Crippen molar-refractivity contribution in [1.29, 1.82) is 0 Å². The number of rotatable bonds is 3. The van der Waals surface area contributed by atoms with Gasteiger partial charge in [0.15, 0.2) is 11.5 Å². The van der Waals surface area contributed by atoms with Crippen LogP contribution in [0.1, 0.15) is 35.2 Å². The van der Waals surface area contributed by atoms with Gasteiger partial charge in [0.1, 0.15) is 0 Å². The van der Waals surface area contributed by atoms with Crippen LogP contribution in [-0.4, -0.2) is 32.7 Å². The molecule has 0 bridgehead atoms. The summed E-state index contributed by atoms with van der Waals surface area (Å²) >= 11 is 0. The van der Waals surface area contributed by atoms with Crippen molar-refractivity contribution in [1.82, 2.24) is 4.90 Å². The molecule has 2 aromatic carbocycles. The van der Waals surface area contributed by atoms with Gasteiger partial charge in [-0.1, -0.05) is 25.1 Å². The molecule has 1 heterocycles. The Morgan fingerprint density at radius 1 is 1.12 bits per heavy atom. The molecule has 0 amide bonds. The molecule has 3 heteroatoms. The van der Waals surface area contributed by atoms with E-state index < -0.39 is 0 Å². The van der Waals surface area contributed by atoms with Crippen LogP contribution >= 0.6 is 0 Å². The molecule has 2 aliphatic rings. The minimum atomic E-state index is 0.473. The van der Waals surface area contributed by atoms with Gasteiger partial charge in [-0.15, -0.1) is 0 Å². The van der Waals surface area contributed by atoms with E-state index in [9.17, 15) is 0 Å². The lowest BCUT2D eigenvalue weighted by Gasteiger charge is -2.41. The van der Waals surface area contributed by atoms with Crippen molar-refractivity contribution >= 4 is 0 Å². The second-order valence-corrected chi connectivity index (χ2v) is 6.80. The summed E-state index contributed by atoms with van der Waals surface area (Å²) in [6, 6.07) is 9.32. The third kappa shape index (κ3) is 2.07. The topological polar surface area (TPSA) is 21.7 Å². The first-order valence-electron chi connectivity index (χ1n) is 8.78. The SMILES string of the molecule is CCc1ccc2c3c1CCN(C)[C@@H]3Cc1ccc(OC)c(OC)c1-2. The molecule has 4 rings (SSSR count). The molecule has 0 spiro atoms. The maximum atomic E-state index is 5.76. The van der Waals surface area contributed by atoms with Crippen LogP contribution in [0.3, 0.4) is 0 Å². The van der Waals surface area contributed by atoms with Gasteiger partial charge in [0.25, 0.3) is 0 Å². The fourth-order valence-electron chi connectivity index (χ4n) is 4.50. The standard InChI is InChI=1S/C21H25NO2/c1-5-13-6-8-16-19-14(7-9-18(23-3)21(19)24-4)12-17-20(16)15(13)10-11-22(17)2/h6-9,17H,5,10-12H2,1-4H3/t17-/m1/s1. The van der Waals surface area contributed by atoms with Gasteiger partial charge in [0.2, 0.25) is 0 Å². The van der Waals surface area contributed by atoms with Gasteiger partial charge in [0.05, 0.1) is 14.2 Å². The van der Waals surface area contributed by atoms with Gasteiger partial charge >= 0.3 is 0 Å². The summed E-state index contributed by atoms with van der Waals surface area (Å²) in [4.78, 5) is 2.50. The summed E-state index contributed by atoms with van der Waals surface area (Å²) in [5.41, 5.74) is 8.49. The highest BCUT2D eigenvalue weighted by atomic mass is 16.5. The normalized spacial score (nSPS) is 18.8. The molecule has 0 saturated carbocycles. The summed E-state index contributed by atoms with van der Waals surface area (Å²) in [6.45, 7) is 3.39. The van der Waals surface area contributed by atoms with E-state index in [1.807, 2.05) is 6.07 Å². The van der Waals surface area contributed by atoms with Gasteiger partial charge in [-0.2, -0.15) is 0 Å². The van der Waals surface area contributed by atoms with Crippen molar-refractivity contribution in [2.45, 2.75) is 32.2 Å². The van der Waals surface area contributed by atoms with E-state index in [1.54, 1.807) is 19.8 Å². The molecule has 3 nitrogen and oxygen atoms in total. The third-order valence-electron chi connectivity index (χ3n) is 5.73. The summed E-state index contributed by atoms with van der Waals surface area (Å²) in [5.74, 6) is 1.68. The Morgan fingerprint density at radius 2 is 1.96 bits per heavy atom. The zero-order valence-electron chi connectivity index (χ0n) is 15.0. The third-order valence-corrected chi connectivity index (χ3v) is 5.73. The predicted molar refractivity (Wildman–Crippen MR) is 97.1 cm³/mol. The molecule has 0 unspecified atom stereocenters. The largest absolute Gasteiger partial charge is 0.493 e. The molecular formula is C21H25NO2. The molecule has 1 atom stereocenters. The molecule has 0 saturated heterocycles. The molecule has 0 N–H and O–H groups in total. The Hall–Kier alpha value is -2.00. The highest BCUT2D eigenvalue weighted by Crippen LogP contribution is 2.51. The average molecular weight is 323 g/mol. The smallest absolute Gasteiger partial charge is 0.168 e. The number of methoxy groups -OCH3 is 2. The van der Waals surface area contributed by atoms with Gasteiger partial charge in [-0.05, 0) is 60.2 Å². The first kappa shape index (κ1) is 15.5. The lowest BCUT2D eigenvalue weighted by Crippen LogP contribution is -2.36. The Kier molecular flexibility index (Phi) is 3.76. The fraction of sp³-hybridized carbons (Fsp3) is 0.429. The quantitative estimate of drug-likeness (QED) is 0.851. The number of aryl methyl sites for hydroxylation is 1. The number of fused-ring (bicyclic) bond motifs is 2. The minimum Gasteiger partial charge on any atom is -0.493 e. The van der Waals surface area contributed by atoms with E-state index in [1.165, 1.54) is 27.8 Å². The van der Waals surface area contributed by atoms with Crippen molar-refractivity contribution in [2.24, 2.45) is 0 Å². The van der Waals surface area contributed by atoms with E-state index in [2.05, 4.69) is 37.1 Å². The van der Waals surface area contributed by atoms with Crippen LogP contribution in [0.4, 0.5) is 0 Å². The maximum absolute atomic E-state index is 5.76. The lowest BCUT2D eigenvalue weighted by molar-refractivity contribution is 0.227. The van der Waals surface area contributed by atoms with Crippen molar-refractivity contribution in [2.75, 3.05) is 27.8 Å². The number of benzene rings is 2. The maximum Gasteiger partial charge on any atom is 0.168 e. The molecule has 0 radical (unpaired) electrons. The Bertz CT molecular complexity index is 797. The van der Waals surface area contributed by atoms with Crippen LogP contribution in [0.5, 0.6) is 11.5 Å². The Morgan fingerprint density at radius 3 is 2.67 bits per heavy atom. The molecule has 0 fully saturated rings. The van der Waals surface area contributed by atoms with Gasteiger partial charge in [-0.25, -0.2) is 0 Å². The van der Waals surface area contributed by atoms with E-state index in [-0.39, 0.29) is 0 Å². The van der Waals surface area contributed by atoms with Gasteiger partial charge in [0, 0.05) is 18.2 Å². The van der Waals surface area contributed by atoms with Gasteiger partial charge in [-0.3, -0.25) is 4.90 Å². The Balaban J connectivity index is 2.03. The predicted octanol–water partition coefficient (Wildman–Crippen LogP) is 4.02. The average Bonchev–Trinajstić information content (AvgIpc) is 2.63. The van der Waals surface area contributed by atoms with Crippen LogP contribution in [0.2, 0.25) is 0 Å². The summed E-state index contributed by atoms with van der Waals surface area (Å²) < 4.78 is 11.3. The van der Waals surface area contributed by atoms with Gasteiger partial charge < -0.3 is 9.47 Å². The van der Waals surface area contributed by atoms with E-state index in [4.69, 9.17) is 9.47 Å². The van der Waals surface area contributed by atoms with Crippen molar-refractivity contribution in [3.63, 3.8) is 0 Å². The fourth-order valence-corrected chi connectivity index (χ4v) is 4.50. The highest BCUT2D eigenvalue weighted by molar-refractivity contribution is 5.83. The van der Waals surface area contributed by atoms with Crippen molar-refractivity contribution in [3.05, 3.63) is 46.5 Å². The number of hydrogen-bond donors (Lipinski definition) is 0. The van der Waals surface area contributed by atoms with Crippen LogP contribution in [0, 0.1) is 0 Å². The zero-order chi connectivity index (χ0) is 16.8.